The number of nitrogens with one attached hydrogen (secondary N) is 1. The van der Waals surface area contributed by atoms with Crippen LogP contribution >= 0.6 is 0 Å². The molecule has 4 nitrogen and oxygen atoms in total. The number of likely N-dealkylation sites (N-methyl/N-ethyl adjacent to an activating group) is 1. The molecule has 3 N–H and O–H groups in total. The van der Waals surface area contributed by atoms with Crippen molar-refractivity contribution in [1.29, 1.82) is 0 Å². The number of primary amides is 1. The van der Waals surface area contributed by atoms with Crippen molar-refractivity contribution in [1.82, 2.24) is 10.2 Å². The van der Waals surface area contributed by atoms with E-state index in [0.29, 0.717) is 6.04 Å². The Kier molecular flexibility index (Phi) is 5.05. The van der Waals surface area contributed by atoms with Gasteiger partial charge in [0.2, 0.25) is 5.91 Å². The van der Waals surface area contributed by atoms with E-state index in [1.807, 2.05) is 0 Å². The van der Waals surface area contributed by atoms with Gasteiger partial charge in [0.05, 0.1) is 6.04 Å². The Bertz CT molecular complexity index is 208. The average Bonchev–Trinajstić information content (AvgIpc) is 2.21. The van der Waals surface area contributed by atoms with Crippen LogP contribution in [-0.2, 0) is 4.79 Å². The highest BCUT2D eigenvalue weighted by Gasteiger charge is 2.20. The second kappa shape index (κ2) is 6.08. The normalized spacial score (nSPS) is 25.1. The third kappa shape index (κ3) is 3.80. The monoisotopic (exact) mass is 213 g/mol. The smallest absolute Gasteiger partial charge is 0.234 e. The number of carbonyl (C=O) groups is 1. The van der Waals surface area contributed by atoms with Gasteiger partial charge in [-0.25, -0.2) is 0 Å². The fourth-order valence-corrected chi connectivity index (χ4v) is 2.21. The van der Waals surface area contributed by atoms with Crippen LogP contribution in [0.4, 0.5) is 0 Å². The van der Waals surface area contributed by atoms with Crippen LogP contribution in [-0.4, -0.2) is 43.0 Å². The number of likely N-dealkylation sites (tertiary alicyclic amines) is 1. The zero-order chi connectivity index (χ0) is 11.3. The van der Waals surface area contributed by atoms with Gasteiger partial charge in [0.15, 0.2) is 0 Å². The van der Waals surface area contributed by atoms with E-state index in [1.165, 1.54) is 19.3 Å². The molecule has 0 saturated carbocycles. The quantitative estimate of drug-likeness (QED) is 0.691. The highest BCUT2D eigenvalue weighted by Crippen LogP contribution is 2.16. The minimum atomic E-state index is -0.248. The van der Waals surface area contributed by atoms with Gasteiger partial charge in [0.25, 0.3) is 0 Å². The summed E-state index contributed by atoms with van der Waals surface area (Å²) in [5.41, 5.74) is 5.28. The minimum Gasteiger partial charge on any atom is -0.368 e. The number of nitrogens with two attached hydrogens (primary N) is 1. The summed E-state index contributed by atoms with van der Waals surface area (Å²) in [5.74, 6) is -0.248. The number of carbonyl (C=O) groups excluding carboxylic acids is 1. The van der Waals surface area contributed by atoms with Crippen molar-refractivity contribution < 1.29 is 4.79 Å². The molecule has 15 heavy (non-hydrogen) atoms. The van der Waals surface area contributed by atoms with Gasteiger partial charge in [-0.05, 0) is 39.8 Å². The Labute approximate surface area is 92.2 Å². The van der Waals surface area contributed by atoms with Crippen LogP contribution in [0.5, 0.6) is 0 Å². The molecule has 1 rings (SSSR count). The summed E-state index contributed by atoms with van der Waals surface area (Å²) in [6.45, 7) is 4.39. The largest absolute Gasteiger partial charge is 0.368 e. The molecule has 0 bridgehead atoms. The molecule has 1 heterocycles. The van der Waals surface area contributed by atoms with E-state index < -0.39 is 0 Å². The molecule has 4 heteroatoms. The Morgan fingerprint density at radius 1 is 1.60 bits per heavy atom. The van der Waals surface area contributed by atoms with Gasteiger partial charge >= 0.3 is 0 Å². The van der Waals surface area contributed by atoms with E-state index in [9.17, 15) is 4.79 Å². The van der Waals surface area contributed by atoms with Gasteiger partial charge in [-0.15, -0.1) is 0 Å². The van der Waals surface area contributed by atoms with Crippen LogP contribution in [0.1, 0.15) is 32.6 Å². The molecule has 2 unspecified atom stereocenters. The molecule has 1 aliphatic heterocycles. The highest BCUT2D eigenvalue weighted by atomic mass is 16.1. The molecule has 88 valence electrons. The number of hydrogen-bond donors (Lipinski definition) is 2. The predicted octanol–water partition coefficient (Wildman–Crippen LogP) is 0.324. The van der Waals surface area contributed by atoms with E-state index in [2.05, 4.69) is 17.1 Å². The topological polar surface area (TPSA) is 58.4 Å². The molecule has 1 fully saturated rings. The molecule has 0 aromatic rings. The molecule has 0 aliphatic carbocycles. The number of amides is 1. The van der Waals surface area contributed by atoms with E-state index in [-0.39, 0.29) is 11.9 Å². The molecule has 0 radical (unpaired) electrons. The fourth-order valence-electron chi connectivity index (χ4n) is 2.21. The van der Waals surface area contributed by atoms with Gasteiger partial charge in [0.1, 0.15) is 0 Å². The van der Waals surface area contributed by atoms with E-state index in [4.69, 9.17) is 5.73 Å². The molecule has 0 aromatic carbocycles. The molecule has 0 spiro atoms. The third-order valence-electron chi connectivity index (χ3n) is 3.34. The summed E-state index contributed by atoms with van der Waals surface area (Å²) in [6.07, 6.45) is 4.71. The molecular formula is C11H23N3O. The van der Waals surface area contributed by atoms with Crippen molar-refractivity contribution in [2.24, 2.45) is 5.73 Å². The maximum atomic E-state index is 11.0. The first-order valence-corrected chi connectivity index (χ1v) is 5.85. The maximum Gasteiger partial charge on any atom is 0.234 e. The summed E-state index contributed by atoms with van der Waals surface area (Å²) in [4.78, 5) is 13.5. The lowest BCUT2D eigenvalue weighted by Crippen LogP contribution is -2.44. The van der Waals surface area contributed by atoms with Crippen LogP contribution in [0.3, 0.4) is 0 Å². The fraction of sp³-hybridized carbons (Fsp3) is 0.909. The van der Waals surface area contributed by atoms with Crippen molar-refractivity contribution in [2.75, 3.05) is 20.1 Å². The van der Waals surface area contributed by atoms with Gasteiger partial charge in [0, 0.05) is 12.6 Å². The first-order valence-electron chi connectivity index (χ1n) is 5.85. The van der Waals surface area contributed by atoms with Crippen molar-refractivity contribution in [3.05, 3.63) is 0 Å². The summed E-state index contributed by atoms with van der Waals surface area (Å²) < 4.78 is 0. The molecule has 2 atom stereocenters. The first-order chi connectivity index (χ1) is 7.15. The van der Waals surface area contributed by atoms with E-state index in [0.717, 1.165) is 19.5 Å². The zero-order valence-electron chi connectivity index (χ0n) is 9.83. The van der Waals surface area contributed by atoms with Crippen LogP contribution in [0.25, 0.3) is 0 Å². The van der Waals surface area contributed by atoms with Crippen LogP contribution in [0.2, 0.25) is 0 Å². The van der Waals surface area contributed by atoms with Crippen molar-refractivity contribution in [3.63, 3.8) is 0 Å². The van der Waals surface area contributed by atoms with Crippen LogP contribution in [0.15, 0.2) is 0 Å². The summed E-state index contributed by atoms with van der Waals surface area (Å²) >= 11 is 0. The molecule has 1 amide bonds. The zero-order valence-corrected chi connectivity index (χ0v) is 9.83. The maximum absolute atomic E-state index is 11.0. The first kappa shape index (κ1) is 12.5. The van der Waals surface area contributed by atoms with Crippen LogP contribution < -0.4 is 11.1 Å². The highest BCUT2D eigenvalue weighted by molar-refractivity contribution is 5.79. The molecule has 0 aromatic heterocycles. The summed E-state index contributed by atoms with van der Waals surface area (Å²) in [7, 11) is 1.79. The Morgan fingerprint density at radius 3 is 2.87 bits per heavy atom. The Hall–Kier alpha value is -0.610. The van der Waals surface area contributed by atoms with Crippen molar-refractivity contribution in [2.45, 2.75) is 44.7 Å². The van der Waals surface area contributed by atoms with Gasteiger partial charge < -0.3 is 16.0 Å². The Balaban J connectivity index is 2.31. The van der Waals surface area contributed by atoms with E-state index in [1.54, 1.807) is 7.05 Å². The number of nitrogens with zero attached hydrogens (tertiary/aromatic N) is 1. The molecule has 1 aliphatic rings. The summed E-state index contributed by atoms with van der Waals surface area (Å²) in [5, 5.41) is 2.95. The predicted molar refractivity (Wildman–Crippen MR) is 61.5 cm³/mol. The second-order valence-electron chi connectivity index (χ2n) is 4.41. The molecular weight excluding hydrogens is 190 g/mol. The van der Waals surface area contributed by atoms with Crippen LogP contribution in [0, 0.1) is 0 Å². The van der Waals surface area contributed by atoms with Gasteiger partial charge in [-0.2, -0.15) is 0 Å². The molecule has 1 saturated heterocycles. The average molecular weight is 213 g/mol. The van der Waals surface area contributed by atoms with Gasteiger partial charge in [-0.3, -0.25) is 4.79 Å². The Morgan fingerprint density at radius 2 is 2.33 bits per heavy atom. The lowest BCUT2D eigenvalue weighted by Gasteiger charge is -2.33. The number of rotatable bonds is 5. The standard InChI is InChI=1S/C11H23N3O/c1-9-5-3-4-7-14(9)8-6-10(13-2)11(12)15/h9-10,13H,3-8H2,1-2H3,(H2,12,15). The van der Waals surface area contributed by atoms with E-state index >= 15 is 0 Å². The third-order valence-corrected chi connectivity index (χ3v) is 3.34. The van der Waals surface area contributed by atoms with Crippen molar-refractivity contribution >= 4 is 5.91 Å². The lowest BCUT2D eigenvalue weighted by molar-refractivity contribution is -0.120. The lowest BCUT2D eigenvalue weighted by atomic mass is 10.0. The summed E-state index contributed by atoms with van der Waals surface area (Å²) in [6, 6.07) is 0.475. The number of hydrogen-bond acceptors (Lipinski definition) is 3. The van der Waals surface area contributed by atoms with Crippen molar-refractivity contribution in [3.8, 4) is 0 Å². The number of piperidine rings is 1. The second-order valence-corrected chi connectivity index (χ2v) is 4.41. The minimum absolute atomic E-state index is 0.181. The SMILES string of the molecule is CNC(CCN1CCCCC1C)C(N)=O. The van der Waals surface area contributed by atoms with Gasteiger partial charge in [-0.1, -0.05) is 6.42 Å².